The van der Waals surface area contributed by atoms with E-state index in [1.165, 1.54) is 0 Å². The third-order valence-electron chi connectivity index (χ3n) is 6.43. The highest BCUT2D eigenvalue weighted by Gasteiger charge is 2.30. The summed E-state index contributed by atoms with van der Waals surface area (Å²) >= 11 is 0. The number of hydrogen-bond donors (Lipinski definition) is 3. The van der Waals surface area contributed by atoms with E-state index in [1.807, 2.05) is 43.3 Å². The molecule has 9 heteroatoms. The molecule has 4 rings (SSSR count). The lowest BCUT2D eigenvalue weighted by Crippen LogP contribution is -2.39. The third kappa shape index (κ3) is 7.40. The second-order valence-corrected chi connectivity index (χ2v) is 9.48. The number of aliphatic hydroxyl groups is 1. The molecule has 0 saturated carbocycles. The van der Waals surface area contributed by atoms with Crippen molar-refractivity contribution in [2.24, 2.45) is 5.73 Å². The van der Waals surface area contributed by atoms with Crippen molar-refractivity contribution in [3.8, 4) is 17.2 Å². The van der Waals surface area contributed by atoms with Crippen LogP contribution >= 0.6 is 0 Å². The summed E-state index contributed by atoms with van der Waals surface area (Å²) in [6, 6.07) is 19.9. The van der Waals surface area contributed by atoms with E-state index in [-0.39, 0.29) is 19.1 Å². The van der Waals surface area contributed by atoms with Gasteiger partial charge >= 0.3 is 0 Å². The molecule has 40 heavy (non-hydrogen) atoms. The largest absolute Gasteiger partial charge is 0.490 e. The maximum absolute atomic E-state index is 13.0. The van der Waals surface area contributed by atoms with Gasteiger partial charge in [-0.15, -0.1) is 0 Å². The number of ether oxygens (including phenoxy) is 3. The lowest BCUT2D eigenvalue weighted by atomic mass is 9.98. The third-order valence-corrected chi connectivity index (χ3v) is 6.43. The first-order chi connectivity index (χ1) is 19.4. The van der Waals surface area contributed by atoms with Crippen molar-refractivity contribution in [3.63, 3.8) is 0 Å². The molecule has 2 unspecified atom stereocenters. The summed E-state index contributed by atoms with van der Waals surface area (Å²) in [6.07, 6.45) is 1.29. The van der Waals surface area contributed by atoms with Crippen LogP contribution < -0.4 is 30.2 Å². The molecule has 1 heterocycles. The lowest BCUT2D eigenvalue weighted by Gasteiger charge is -2.32. The Balaban J connectivity index is 1.40. The van der Waals surface area contributed by atoms with Gasteiger partial charge in [0.25, 0.3) is 0 Å². The fourth-order valence-corrected chi connectivity index (χ4v) is 4.45. The van der Waals surface area contributed by atoms with Gasteiger partial charge in [-0.25, -0.2) is 0 Å². The molecule has 1 aliphatic heterocycles. The van der Waals surface area contributed by atoms with Gasteiger partial charge in [-0.1, -0.05) is 43.0 Å². The van der Waals surface area contributed by atoms with E-state index >= 15 is 0 Å². The molecule has 0 radical (unpaired) electrons. The summed E-state index contributed by atoms with van der Waals surface area (Å²) in [5.74, 6) is 1.26. The average molecular weight is 546 g/mol. The number of hydrogen-bond acceptors (Lipinski definition) is 7. The number of rotatable bonds is 14. The maximum Gasteiger partial charge on any atom is 0.248 e. The number of fused-ring (bicyclic) bond motifs is 1. The highest BCUT2D eigenvalue weighted by molar-refractivity contribution is 5.98. The Morgan fingerprint density at radius 1 is 1.07 bits per heavy atom. The Labute approximate surface area is 234 Å². The minimum Gasteiger partial charge on any atom is -0.490 e. The summed E-state index contributed by atoms with van der Waals surface area (Å²) in [4.78, 5) is 26.0. The van der Waals surface area contributed by atoms with Crippen molar-refractivity contribution in [2.45, 2.75) is 38.6 Å². The predicted molar refractivity (Wildman–Crippen MR) is 153 cm³/mol. The van der Waals surface area contributed by atoms with E-state index in [2.05, 4.69) is 11.9 Å². The number of carbonyl (C=O) groups excluding carboxylic acids is 2. The molecule has 4 N–H and O–H groups in total. The van der Waals surface area contributed by atoms with Crippen LogP contribution in [0.3, 0.4) is 0 Å². The number of aliphatic hydroxyl groups excluding tert-OH is 1. The first-order valence-electron chi connectivity index (χ1n) is 13.2. The zero-order valence-corrected chi connectivity index (χ0v) is 22.5. The fourth-order valence-electron chi connectivity index (χ4n) is 4.45. The number of nitrogens with two attached hydrogens (primary N) is 1. The smallest absolute Gasteiger partial charge is 0.248 e. The van der Waals surface area contributed by atoms with Crippen LogP contribution in [0, 0.1) is 0 Å². The van der Waals surface area contributed by atoms with Crippen LogP contribution in [0.25, 0.3) is 0 Å². The van der Waals surface area contributed by atoms with Gasteiger partial charge in [-0.2, -0.15) is 0 Å². The highest BCUT2D eigenvalue weighted by Crippen LogP contribution is 2.43. The Kier molecular flexibility index (Phi) is 9.77. The highest BCUT2D eigenvalue weighted by atomic mass is 16.5. The van der Waals surface area contributed by atoms with Crippen molar-refractivity contribution < 1.29 is 28.9 Å². The van der Waals surface area contributed by atoms with Crippen molar-refractivity contribution in [1.82, 2.24) is 5.32 Å². The molecule has 2 atom stereocenters. The number of carbonyl (C=O) groups is 2. The molecule has 9 nitrogen and oxygen atoms in total. The fraction of sp³-hybridized carbons (Fsp3) is 0.290. The van der Waals surface area contributed by atoms with Crippen molar-refractivity contribution in [1.29, 1.82) is 0 Å². The van der Waals surface area contributed by atoms with Crippen LogP contribution in [0.5, 0.6) is 17.2 Å². The van der Waals surface area contributed by atoms with Crippen molar-refractivity contribution in [3.05, 3.63) is 96.1 Å². The molecule has 0 aromatic heterocycles. The molecule has 0 spiro atoms. The van der Waals surface area contributed by atoms with E-state index in [4.69, 9.17) is 19.9 Å². The molecule has 3 aromatic rings. The zero-order valence-electron chi connectivity index (χ0n) is 22.5. The second-order valence-electron chi connectivity index (χ2n) is 9.48. The summed E-state index contributed by atoms with van der Waals surface area (Å²) in [5.41, 5.74) is 8.23. The number of nitrogens with zero attached hydrogens (tertiary/aromatic N) is 1. The van der Waals surface area contributed by atoms with Gasteiger partial charge in [-0.3, -0.25) is 14.9 Å². The normalized spacial score (nSPS) is 14.2. The molecule has 2 amide bonds. The van der Waals surface area contributed by atoms with E-state index in [0.29, 0.717) is 54.5 Å². The van der Waals surface area contributed by atoms with Gasteiger partial charge in [0, 0.05) is 24.1 Å². The van der Waals surface area contributed by atoms with Gasteiger partial charge in [0.05, 0.1) is 12.2 Å². The molecule has 0 fully saturated rings. The van der Waals surface area contributed by atoms with Gasteiger partial charge in [0.1, 0.15) is 42.8 Å². The van der Waals surface area contributed by atoms with Crippen molar-refractivity contribution in [2.75, 3.05) is 24.7 Å². The molecule has 0 saturated heterocycles. The minimum absolute atomic E-state index is 0.0134. The average Bonchev–Trinajstić information content (AvgIpc) is 2.96. The number of nitrogens with one attached hydrogen (secondary N) is 1. The van der Waals surface area contributed by atoms with E-state index in [0.717, 1.165) is 11.1 Å². The predicted octanol–water partition coefficient (Wildman–Crippen LogP) is 3.58. The summed E-state index contributed by atoms with van der Waals surface area (Å²) in [7, 11) is 0. The molecule has 0 bridgehead atoms. The molecule has 1 aliphatic rings. The monoisotopic (exact) mass is 545 g/mol. The number of primary amides is 1. The number of anilines is 1. The van der Waals surface area contributed by atoms with E-state index in [1.54, 1.807) is 41.3 Å². The standard InChI is InChI=1S/C31H35N3O6/c1-3-17-38-28-15-14-27(26-13-16-29(36)34(30(26)28)19-22-7-5-4-6-8-22)39-20-24(35)18-33-21(2)40-25-11-9-23(10-12-25)31(32)37/h3-12,14-15,21,24,33,35H,1,13,16-20H2,2H3,(H2,32,37). The minimum atomic E-state index is -0.818. The molecule has 3 aromatic carbocycles. The van der Waals surface area contributed by atoms with Crippen LogP contribution in [0.4, 0.5) is 5.69 Å². The first-order valence-corrected chi connectivity index (χ1v) is 13.2. The maximum atomic E-state index is 13.0. The zero-order chi connectivity index (χ0) is 28.5. The lowest BCUT2D eigenvalue weighted by molar-refractivity contribution is -0.119. The Morgan fingerprint density at radius 3 is 2.50 bits per heavy atom. The van der Waals surface area contributed by atoms with Gasteiger partial charge in [0.2, 0.25) is 11.8 Å². The molecular weight excluding hydrogens is 510 g/mol. The van der Waals surface area contributed by atoms with Crippen LogP contribution in [0.1, 0.15) is 34.8 Å². The molecule has 0 aliphatic carbocycles. The number of benzene rings is 3. The summed E-state index contributed by atoms with van der Waals surface area (Å²) in [6.45, 7) is 6.52. The number of amides is 2. The summed E-state index contributed by atoms with van der Waals surface area (Å²) in [5, 5.41) is 13.7. The van der Waals surface area contributed by atoms with Gasteiger partial charge in [-0.05, 0) is 55.3 Å². The van der Waals surface area contributed by atoms with E-state index in [9.17, 15) is 14.7 Å². The Morgan fingerprint density at radius 2 is 1.80 bits per heavy atom. The van der Waals surface area contributed by atoms with Crippen molar-refractivity contribution >= 4 is 17.5 Å². The van der Waals surface area contributed by atoms with Crippen LogP contribution in [0.15, 0.2) is 79.4 Å². The van der Waals surface area contributed by atoms with Crippen LogP contribution in [0.2, 0.25) is 0 Å². The quantitative estimate of drug-likeness (QED) is 0.209. The Bertz CT molecular complexity index is 1310. The van der Waals surface area contributed by atoms with Gasteiger partial charge < -0.3 is 30.0 Å². The Hall–Kier alpha value is -4.34. The molecular formula is C31H35N3O6. The summed E-state index contributed by atoms with van der Waals surface area (Å²) < 4.78 is 17.8. The topological polar surface area (TPSA) is 123 Å². The molecule has 210 valence electrons. The first kappa shape index (κ1) is 28.7. The van der Waals surface area contributed by atoms with Crippen LogP contribution in [-0.2, 0) is 17.8 Å². The van der Waals surface area contributed by atoms with Crippen LogP contribution in [-0.4, -0.2) is 49.0 Å². The second kappa shape index (κ2) is 13.6. The van der Waals surface area contributed by atoms with E-state index < -0.39 is 18.2 Å². The SMILES string of the molecule is C=CCOc1ccc(OCC(O)CNC(C)Oc2ccc(C(N)=O)cc2)c2c1N(Cc1ccccc1)C(=O)CC2. The van der Waals surface area contributed by atoms with Gasteiger partial charge in [0.15, 0.2) is 0 Å².